The number of piperidine rings is 1. The van der Waals surface area contributed by atoms with Gasteiger partial charge in [-0.05, 0) is 37.9 Å². The minimum Gasteiger partial charge on any atom is -0.393 e. The number of rotatable bonds is 3. The Hall–Kier alpha value is -0.720. The molecule has 1 unspecified atom stereocenters. The third kappa shape index (κ3) is 2.94. The van der Waals surface area contributed by atoms with Gasteiger partial charge in [-0.2, -0.15) is 5.10 Å². The predicted octanol–water partition coefficient (Wildman–Crippen LogP) is 1.00. The molecule has 1 fully saturated rings. The van der Waals surface area contributed by atoms with Gasteiger partial charge in [0.2, 0.25) is 0 Å². The molecular formula is C11H20N4OS. The van der Waals surface area contributed by atoms with E-state index in [9.17, 15) is 5.11 Å². The van der Waals surface area contributed by atoms with E-state index in [1.165, 1.54) is 0 Å². The normalized spacial score (nSPS) is 20.6. The van der Waals surface area contributed by atoms with Gasteiger partial charge < -0.3 is 9.67 Å². The SMILES string of the molecule is CC(O)C1CCN(Cn2ncn(C)c2=S)CC1. The van der Waals surface area contributed by atoms with Crippen LogP contribution in [0.15, 0.2) is 6.33 Å². The van der Waals surface area contributed by atoms with Crippen molar-refractivity contribution in [2.75, 3.05) is 13.1 Å². The number of likely N-dealkylation sites (tertiary alicyclic amines) is 1. The second kappa shape index (κ2) is 5.29. The summed E-state index contributed by atoms with van der Waals surface area (Å²) in [5.41, 5.74) is 0. The summed E-state index contributed by atoms with van der Waals surface area (Å²) in [6.45, 7) is 4.66. The molecule has 0 radical (unpaired) electrons. The molecule has 1 N–H and O–H groups in total. The Bertz CT molecular complexity index is 417. The molecule has 1 aromatic heterocycles. The monoisotopic (exact) mass is 256 g/mol. The molecule has 17 heavy (non-hydrogen) atoms. The van der Waals surface area contributed by atoms with Gasteiger partial charge in [0.15, 0.2) is 4.77 Å². The van der Waals surface area contributed by atoms with E-state index in [0.717, 1.165) is 37.4 Å². The van der Waals surface area contributed by atoms with Crippen LogP contribution in [-0.2, 0) is 13.7 Å². The lowest BCUT2D eigenvalue weighted by atomic mass is 9.92. The smallest absolute Gasteiger partial charge is 0.198 e. The summed E-state index contributed by atoms with van der Waals surface area (Å²) in [5.74, 6) is 0.447. The summed E-state index contributed by atoms with van der Waals surface area (Å²) in [5, 5.41) is 13.8. The molecular weight excluding hydrogens is 236 g/mol. The standard InChI is InChI=1S/C11H20N4OS/c1-9(16)10-3-5-14(6-4-10)8-15-11(17)13(2)7-12-15/h7,9-10,16H,3-6,8H2,1-2H3. The van der Waals surface area contributed by atoms with Crippen molar-refractivity contribution >= 4 is 12.2 Å². The maximum Gasteiger partial charge on any atom is 0.198 e. The number of aryl methyl sites for hydroxylation is 1. The van der Waals surface area contributed by atoms with Gasteiger partial charge in [0.25, 0.3) is 0 Å². The number of hydrogen-bond acceptors (Lipinski definition) is 4. The zero-order valence-electron chi connectivity index (χ0n) is 10.4. The van der Waals surface area contributed by atoms with Gasteiger partial charge in [-0.25, -0.2) is 4.68 Å². The maximum atomic E-state index is 9.54. The van der Waals surface area contributed by atoms with Gasteiger partial charge in [0, 0.05) is 20.1 Å². The van der Waals surface area contributed by atoms with Crippen molar-refractivity contribution in [3.05, 3.63) is 11.1 Å². The van der Waals surface area contributed by atoms with Crippen molar-refractivity contribution in [2.24, 2.45) is 13.0 Å². The van der Waals surface area contributed by atoms with E-state index < -0.39 is 0 Å². The Balaban J connectivity index is 1.90. The van der Waals surface area contributed by atoms with Crippen LogP contribution in [0.3, 0.4) is 0 Å². The minimum absolute atomic E-state index is 0.186. The van der Waals surface area contributed by atoms with E-state index in [0.29, 0.717) is 5.92 Å². The van der Waals surface area contributed by atoms with Gasteiger partial charge in [-0.1, -0.05) is 0 Å². The fourth-order valence-corrected chi connectivity index (χ4v) is 2.44. The van der Waals surface area contributed by atoms with Crippen LogP contribution in [0, 0.1) is 10.7 Å². The van der Waals surface area contributed by atoms with E-state index in [1.54, 1.807) is 6.33 Å². The molecule has 0 aromatic carbocycles. The summed E-state index contributed by atoms with van der Waals surface area (Å²) in [7, 11) is 1.91. The molecule has 96 valence electrons. The van der Waals surface area contributed by atoms with Gasteiger partial charge in [0.05, 0.1) is 12.8 Å². The fourth-order valence-electron chi connectivity index (χ4n) is 2.28. The summed E-state index contributed by atoms with van der Waals surface area (Å²) in [4.78, 5) is 2.34. The van der Waals surface area contributed by atoms with E-state index in [4.69, 9.17) is 12.2 Å². The fraction of sp³-hybridized carbons (Fsp3) is 0.818. The summed E-state index contributed by atoms with van der Waals surface area (Å²) in [6, 6.07) is 0. The van der Waals surface area contributed by atoms with Crippen LogP contribution in [0.5, 0.6) is 0 Å². The molecule has 0 bridgehead atoms. The first-order chi connectivity index (χ1) is 8.08. The van der Waals surface area contributed by atoms with Crippen LogP contribution in [0.25, 0.3) is 0 Å². The van der Waals surface area contributed by atoms with Gasteiger partial charge >= 0.3 is 0 Å². The second-order valence-corrected chi connectivity index (χ2v) is 5.23. The molecule has 1 atom stereocenters. The molecule has 0 spiro atoms. The minimum atomic E-state index is -0.186. The number of aliphatic hydroxyl groups is 1. The molecule has 5 nitrogen and oxygen atoms in total. The molecule has 6 heteroatoms. The molecule has 1 aromatic rings. The molecule has 1 aliphatic heterocycles. The highest BCUT2D eigenvalue weighted by molar-refractivity contribution is 7.71. The Morgan fingerprint density at radius 3 is 2.65 bits per heavy atom. The lowest BCUT2D eigenvalue weighted by molar-refractivity contribution is 0.0591. The van der Waals surface area contributed by atoms with E-state index >= 15 is 0 Å². The van der Waals surface area contributed by atoms with Crippen molar-refractivity contribution in [1.29, 1.82) is 0 Å². The van der Waals surface area contributed by atoms with E-state index in [1.807, 2.05) is 23.2 Å². The Morgan fingerprint density at radius 2 is 2.18 bits per heavy atom. The highest BCUT2D eigenvalue weighted by atomic mass is 32.1. The van der Waals surface area contributed by atoms with Crippen molar-refractivity contribution in [3.8, 4) is 0 Å². The lowest BCUT2D eigenvalue weighted by Crippen LogP contribution is -2.38. The number of aliphatic hydroxyl groups excluding tert-OH is 1. The average molecular weight is 256 g/mol. The van der Waals surface area contributed by atoms with Gasteiger partial charge in [0.1, 0.15) is 6.33 Å². The summed E-state index contributed by atoms with van der Waals surface area (Å²) < 4.78 is 4.44. The molecule has 1 aliphatic rings. The second-order valence-electron chi connectivity index (χ2n) is 4.86. The van der Waals surface area contributed by atoms with Crippen LogP contribution in [-0.4, -0.2) is 43.5 Å². The summed E-state index contributed by atoms with van der Waals surface area (Å²) >= 11 is 5.26. The molecule has 1 saturated heterocycles. The van der Waals surface area contributed by atoms with Crippen molar-refractivity contribution in [3.63, 3.8) is 0 Å². The van der Waals surface area contributed by atoms with Crippen LogP contribution in [0.4, 0.5) is 0 Å². The zero-order chi connectivity index (χ0) is 12.4. The van der Waals surface area contributed by atoms with Crippen LogP contribution in [0.1, 0.15) is 19.8 Å². The first kappa shape index (κ1) is 12.7. The quantitative estimate of drug-likeness (QED) is 0.820. The first-order valence-electron chi connectivity index (χ1n) is 6.07. The summed E-state index contributed by atoms with van der Waals surface area (Å²) in [6.07, 6.45) is 3.66. The van der Waals surface area contributed by atoms with Crippen LogP contribution >= 0.6 is 12.2 Å². The third-order valence-corrected chi connectivity index (χ3v) is 4.03. The molecule has 0 aliphatic carbocycles. The van der Waals surface area contributed by atoms with Gasteiger partial charge in [-0.15, -0.1) is 0 Å². The van der Waals surface area contributed by atoms with Crippen LogP contribution < -0.4 is 0 Å². The zero-order valence-corrected chi connectivity index (χ0v) is 11.2. The van der Waals surface area contributed by atoms with E-state index in [2.05, 4.69) is 10.00 Å². The molecule has 2 heterocycles. The average Bonchev–Trinajstić information content (AvgIpc) is 2.62. The number of aromatic nitrogens is 3. The predicted molar refractivity (Wildman–Crippen MR) is 68.0 cm³/mol. The Labute approximate surface area is 107 Å². The van der Waals surface area contributed by atoms with Gasteiger partial charge in [-0.3, -0.25) is 4.90 Å². The Kier molecular flexibility index (Phi) is 3.96. The van der Waals surface area contributed by atoms with Crippen molar-refractivity contribution < 1.29 is 5.11 Å². The lowest BCUT2D eigenvalue weighted by Gasteiger charge is -2.32. The topological polar surface area (TPSA) is 46.2 Å². The van der Waals surface area contributed by atoms with Crippen LogP contribution in [0.2, 0.25) is 0 Å². The third-order valence-electron chi connectivity index (χ3n) is 3.54. The highest BCUT2D eigenvalue weighted by Gasteiger charge is 2.22. The largest absolute Gasteiger partial charge is 0.393 e. The number of nitrogens with zero attached hydrogens (tertiary/aromatic N) is 4. The Morgan fingerprint density at radius 1 is 1.53 bits per heavy atom. The maximum absolute atomic E-state index is 9.54. The first-order valence-corrected chi connectivity index (χ1v) is 6.47. The molecule has 2 rings (SSSR count). The highest BCUT2D eigenvalue weighted by Crippen LogP contribution is 2.20. The molecule has 0 amide bonds. The number of hydrogen-bond donors (Lipinski definition) is 1. The van der Waals surface area contributed by atoms with E-state index in [-0.39, 0.29) is 6.10 Å². The van der Waals surface area contributed by atoms with Crippen molar-refractivity contribution in [1.82, 2.24) is 19.2 Å². The molecule has 0 saturated carbocycles. The van der Waals surface area contributed by atoms with Crippen molar-refractivity contribution in [2.45, 2.75) is 32.5 Å².